The Labute approximate surface area is 150 Å². The summed E-state index contributed by atoms with van der Waals surface area (Å²) in [7, 11) is 0. The van der Waals surface area contributed by atoms with E-state index >= 15 is 0 Å². The molecule has 6 heteroatoms. The van der Waals surface area contributed by atoms with E-state index in [4.69, 9.17) is 10.9 Å². The zero-order chi connectivity index (χ0) is 18.5. The number of carboxylic acid groups (broad SMARTS) is 1. The van der Waals surface area contributed by atoms with Crippen molar-refractivity contribution in [3.05, 3.63) is 70.3 Å². The number of rotatable bonds is 3. The number of carboxylic acids is 1. The molecule has 1 aliphatic rings. The first-order valence-electron chi connectivity index (χ1n) is 8.06. The van der Waals surface area contributed by atoms with Crippen LogP contribution in [0.5, 0.6) is 0 Å². The van der Waals surface area contributed by atoms with Crippen LogP contribution in [0.2, 0.25) is 0 Å². The summed E-state index contributed by atoms with van der Waals surface area (Å²) in [4.78, 5) is 24.5. The lowest BCUT2D eigenvalue weighted by molar-refractivity contribution is -0.137. The summed E-state index contributed by atoms with van der Waals surface area (Å²) in [5.74, 6) is 10.1. The predicted molar refractivity (Wildman–Crippen MR) is 97.9 cm³/mol. The molecule has 6 nitrogen and oxygen atoms in total. The highest BCUT2D eigenvalue weighted by Crippen LogP contribution is 2.20. The monoisotopic (exact) mass is 347 g/mol. The number of hydrogen-bond donors (Lipinski definition) is 2. The summed E-state index contributed by atoms with van der Waals surface area (Å²) in [6.07, 6.45) is 2.17. The van der Waals surface area contributed by atoms with E-state index in [-0.39, 0.29) is 12.5 Å². The maximum Gasteiger partial charge on any atom is 0.323 e. The molecule has 0 atom stereocenters. The van der Waals surface area contributed by atoms with Crippen molar-refractivity contribution < 1.29 is 14.7 Å². The number of hydrogen-bond acceptors (Lipinski definition) is 4. The Kier molecular flexibility index (Phi) is 4.99. The van der Waals surface area contributed by atoms with Gasteiger partial charge in [0.15, 0.2) is 0 Å². The lowest BCUT2D eigenvalue weighted by atomic mass is 9.96. The highest BCUT2D eigenvalue weighted by atomic mass is 16.4. The summed E-state index contributed by atoms with van der Waals surface area (Å²) >= 11 is 0. The molecule has 0 aromatic heterocycles. The topological polar surface area (TPSA) is 96.0 Å². The molecule has 0 bridgehead atoms. The van der Waals surface area contributed by atoms with Crippen LogP contribution >= 0.6 is 0 Å². The molecule has 1 heterocycles. The van der Waals surface area contributed by atoms with Crippen LogP contribution < -0.4 is 5.84 Å². The van der Waals surface area contributed by atoms with Gasteiger partial charge in [-0.05, 0) is 47.9 Å². The maximum atomic E-state index is 12.3. The molecule has 2 aromatic rings. The molecule has 0 aliphatic carbocycles. The molecule has 26 heavy (non-hydrogen) atoms. The van der Waals surface area contributed by atoms with Gasteiger partial charge < -0.3 is 15.8 Å². The average Bonchev–Trinajstić information content (AvgIpc) is 2.63. The average molecular weight is 347 g/mol. The van der Waals surface area contributed by atoms with Gasteiger partial charge in [-0.1, -0.05) is 24.0 Å². The van der Waals surface area contributed by atoms with Crippen molar-refractivity contribution in [1.29, 1.82) is 0 Å². The molecule has 0 radical (unpaired) electrons. The molecule has 130 valence electrons. The minimum Gasteiger partial charge on any atom is -0.480 e. The predicted octanol–water partition coefficient (Wildman–Crippen LogP) is 1.46. The number of nitrogens with zero attached hydrogens (tertiary/aromatic N) is 2. The Bertz CT molecular complexity index is 954. The fourth-order valence-corrected chi connectivity index (χ4v) is 2.86. The van der Waals surface area contributed by atoms with Gasteiger partial charge in [-0.3, -0.25) is 9.59 Å². The third-order valence-corrected chi connectivity index (χ3v) is 4.06. The van der Waals surface area contributed by atoms with Crippen LogP contribution in [-0.4, -0.2) is 41.2 Å². The van der Waals surface area contributed by atoms with Crippen molar-refractivity contribution >= 4 is 18.1 Å². The van der Waals surface area contributed by atoms with Gasteiger partial charge in [0.05, 0.1) is 6.21 Å². The Hall–Kier alpha value is -3.59. The minimum atomic E-state index is -1.01. The van der Waals surface area contributed by atoms with E-state index in [0.29, 0.717) is 18.5 Å². The summed E-state index contributed by atoms with van der Waals surface area (Å²) < 4.78 is 0. The van der Waals surface area contributed by atoms with Gasteiger partial charge in [0, 0.05) is 23.2 Å². The smallest absolute Gasteiger partial charge is 0.323 e. The number of hydrazone groups is 1. The summed E-state index contributed by atoms with van der Waals surface area (Å²) in [6.45, 7) is 0.123. The highest BCUT2D eigenvalue weighted by molar-refractivity contribution is 5.98. The van der Waals surface area contributed by atoms with Crippen LogP contribution in [0.25, 0.3) is 0 Å². The van der Waals surface area contributed by atoms with Crippen molar-refractivity contribution in [2.75, 3.05) is 13.1 Å². The second-order valence-corrected chi connectivity index (χ2v) is 5.90. The normalized spacial score (nSPS) is 13.2. The van der Waals surface area contributed by atoms with E-state index in [2.05, 4.69) is 16.9 Å². The number of amides is 1. The highest BCUT2D eigenvalue weighted by Gasteiger charge is 2.25. The van der Waals surface area contributed by atoms with Gasteiger partial charge in [-0.15, -0.1) is 0 Å². The van der Waals surface area contributed by atoms with Crippen LogP contribution in [0.4, 0.5) is 0 Å². The fraction of sp³-hybridized carbons (Fsp3) is 0.150. The van der Waals surface area contributed by atoms with Crippen LogP contribution in [0.15, 0.2) is 47.6 Å². The lowest BCUT2D eigenvalue weighted by Crippen LogP contribution is -2.40. The SMILES string of the molecule is NN=Cc1cccc(C#Cc2ccc3c(c2)CCN(CC(=O)O)C3=O)c1. The Morgan fingerprint density at radius 3 is 2.73 bits per heavy atom. The lowest BCUT2D eigenvalue weighted by Gasteiger charge is -2.27. The number of fused-ring (bicyclic) bond motifs is 1. The minimum absolute atomic E-state index is 0.248. The van der Waals surface area contributed by atoms with Crippen LogP contribution in [0.3, 0.4) is 0 Å². The summed E-state index contributed by atoms with van der Waals surface area (Å²) in [5, 5.41) is 12.4. The molecule has 3 N–H and O–H groups in total. The van der Waals surface area contributed by atoms with Gasteiger partial charge in [0.25, 0.3) is 5.91 Å². The maximum absolute atomic E-state index is 12.3. The van der Waals surface area contributed by atoms with Crippen molar-refractivity contribution in [1.82, 2.24) is 4.90 Å². The molecule has 0 saturated heterocycles. The zero-order valence-corrected chi connectivity index (χ0v) is 14.0. The van der Waals surface area contributed by atoms with Crippen molar-refractivity contribution in [3.63, 3.8) is 0 Å². The molecule has 1 amide bonds. The molecular formula is C20H17N3O3. The Morgan fingerprint density at radius 2 is 2.00 bits per heavy atom. The zero-order valence-electron chi connectivity index (χ0n) is 14.0. The molecule has 0 fully saturated rings. The van der Waals surface area contributed by atoms with Crippen molar-refractivity contribution in [2.45, 2.75) is 6.42 Å². The van der Waals surface area contributed by atoms with Gasteiger partial charge in [-0.25, -0.2) is 0 Å². The number of nitrogens with two attached hydrogens (primary N) is 1. The third kappa shape index (κ3) is 3.90. The first-order valence-corrected chi connectivity index (χ1v) is 8.06. The first-order chi connectivity index (χ1) is 12.6. The van der Waals surface area contributed by atoms with E-state index in [1.807, 2.05) is 30.3 Å². The van der Waals surface area contributed by atoms with Gasteiger partial charge in [0.1, 0.15) is 6.54 Å². The van der Waals surface area contributed by atoms with E-state index in [0.717, 1.165) is 22.3 Å². The molecular weight excluding hydrogens is 330 g/mol. The molecule has 3 rings (SSSR count). The van der Waals surface area contributed by atoms with E-state index < -0.39 is 5.97 Å². The third-order valence-electron chi connectivity index (χ3n) is 4.06. The van der Waals surface area contributed by atoms with Crippen LogP contribution in [0.1, 0.15) is 32.6 Å². The van der Waals surface area contributed by atoms with E-state index in [1.54, 1.807) is 18.3 Å². The number of aliphatic carboxylic acids is 1. The first kappa shape index (κ1) is 17.2. The van der Waals surface area contributed by atoms with Crippen molar-refractivity contribution in [3.8, 4) is 11.8 Å². The van der Waals surface area contributed by atoms with Crippen LogP contribution in [0, 0.1) is 11.8 Å². The van der Waals surface area contributed by atoms with Gasteiger partial charge >= 0.3 is 5.97 Å². The molecule has 0 saturated carbocycles. The van der Waals surface area contributed by atoms with E-state index in [9.17, 15) is 9.59 Å². The number of carbonyl (C=O) groups excluding carboxylic acids is 1. The Morgan fingerprint density at radius 1 is 1.23 bits per heavy atom. The quantitative estimate of drug-likeness (QED) is 0.380. The number of benzene rings is 2. The molecule has 0 spiro atoms. The second kappa shape index (κ2) is 7.53. The van der Waals surface area contributed by atoms with Gasteiger partial charge in [0.2, 0.25) is 0 Å². The molecule has 2 aromatic carbocycles. The largest absolute Gasteiger partial charge is 0.480 e. The second-order valence-electron chi connectivity index (χ2n) is 5.90. The molecule has 1 aliphatic heterocycles. The standard InChI is InChI=1S/C20H17N3O3/c21-22-12-16-3-1-2-14(10-16)4-5-15-6-7-18-17(11-15)8-9-23(20(18)26)13-19(24)25/h1-3,6-7,10-12H,8-9,13,21H2,(H,24,25). The van der Waals surface area contributed by atoms with Crippen LogP contribution in [-0.2, 0) is 11.2 Å². The summed E-state index contributed by atoms with van der Waals surface area (Å²) in [5.41, 5.74) is 3.95. The number of carbonyl (C=O) groups is 2. The molecule has 0 unspecified atom stereocenters. The van der Waals surface area contributed by atoms with Gasteiger partial charge in [-0.2, -0.15) is 5.10 Å². The Balaban J connectivity index is 1.82. The van der Waals surface area contributed by atoms with E-state index in [1.165, 1.54) is 4.90 Å². The summed E-state index contributed by atoms with van der Waals surface area (Å²) in [6, 6.07) is 12.9. The fourth-order valence-electron chi connectivity index (χ4n) is 2.86. The van der Waals surface area contributed by atoms with Crippen molar-refractivity contribution in [2.24, 2.45) is 10.9 Å².